The molecule has 3 N–H and O–H groups in total. The van der Waals surface area contributed by atoms with Gasteiger partial charge >= 0.3 is 0 Å². The molecule has 0 radical (unpaired) electrons. The third-order valence-electron chi connectivity index (χ3n) is 2.99. The van der Waals surface area contributed by atoms with Crippen LogP contribution in [0.3, 0.4) is 0 Å². The number of methoxy groups -OCH3 is 1. The number of nitrogen functional groups attached to an aromatic ring is 1. The van der Waals surface area contributed by atoms with Crippen LogP contribution < -0.4 is 11.1 Å². The molecule has 0 aliphatic carbocycles. The first-order chi connectivity index (χ1) is 9.84. The third-order valence-corrected chi connectivity index (χ3v) is 4.69. The summed E-state index contributed by atoms with van der Waals surface area (Å²) >= 11 is 0. The highest BCUT2D eigenvalue weighted by Crippen LogP contribution is 2.18. The lowest BCUT2D eigenvalue weighted by Crippen LogP contribution is -2.18. The summed E-state index contributed by atoms with van der Waals surface area (Å²) in [6, 6.07) is 5.26. The number of aryl methyl sites for hydroxylation is 1. The summed E-state index contributed by atoms with van der Waals surface area (Å²) in [4.78, 5) is 11.8. The van der Waals surface area contributed by atoms with Crippen LogP contribution in [0.25, 0.3) is 0 Å². The number of nitrogens with one attached hydrogen (secondary N) is 1. The first-order valence-corrected chi connectivity index (χ1v) is 8.51. The Morgan fingerprint density at radius 1 is 1.33 bits per heavy atom. The average Bonchev–Trinajstić information content (AvgIpc) is 2.40. The second kappa shape index (κ2) is 7.99. The minimum Gasteiger partial charge on any atom is -0.399 e. The summed E-state index contributed by atoms with van der Waals surface area (Å²) in [7, 11) is -1.70. The van der Waals surface area contributed by atoms with E-state index in [2.05, 4.69) is 5.32 Å². The van der Waals surface area contributed by atoms with Gasteiger partial charge in [0.1, 0.15) is 0 Å². The molecule has 0 aliphatic heterocycles. The van der Waals surface area contributed by atoms with Crippen molar-refractivity contribution >= 4 is 27.1 Å². The molecule has 1 amide bonds. The summed E-state index contributed by atoms with van der Waals surface area (Å²) in [6.07, 6.45) is 0.444. The fourth-order valence-electron chi connectivity index (χ4n) is 1.75. The SMILES string of the molecule is COCCS(=O)(=O)CCCC(=O)Nc1cc(N)ccc1C. The molecule has 0 spiro atoms. The van der Waals surface area contributed by atoms with Crippen LogP contribution in [0, 0.1) is 6.92 Å². The molecule has 0 aromatic heterocycles. The minimum absolute atomic E-state index is 0.0142. The van der Waals surface area contributed by atoms with Gasteiger partial charge in [-0.2, -0.15) is 0 Å². The Hall–Kier alpha value is -1.60. The molecule has 0 saturated heterocycles. The van der Waals surface area contributed by atoms with Gasteiger partial charge in [0.2, 0.25) is 5.91 Å². The number of carbonyl (C=O) groups excluding carboxylic acids is 1. The number of rotatable bonds is 8. The van der Waals surface area contributed by atoms with Crippen molar-refractivity contribution in [2.24, 2.45) is 0 Å². The van der Waals surface area contributed by atoms with Crippen LogP contribution >= 0.6 is 0 Å². The van der Waals surface area contributed by atoms with Crippen molar-refractivity contribution in [3.8, 4) is 0 Å². The molecule has 21 heavy (non-hydrogen) atoms. The van der Waals surface area contributed by atoms with Crippen LogP contribution in [-0.4, -0.2) is 39.5 Å². The zero-order valence-electron chi connectivity index (χ0n) is 12.4. The molecule has 0 aliphatic rings. The summed E-state index contributed by atoms with van der Waals surface area (Å²) in [5.74, 6) is -0.246. The predicted molar refractivity (Wildman–Crippen MR) is 84.0 cm³/mol. The molecule has 6 nitrogen and oxygen atoms in total. The molecule has 1 aromatic rings. The van der Waals surface area contributed by atoms with Crippen LogP contribution in [0.15, 0.2) is 18.2 Å². The monoisotopic (exact) mass is 314 g/mol. The Kier molecular flexibility index (Phi) is 6.64. The van der Waals surface area contributed by atoms with E-state index in [1.165, 1.54) is 7.11 Å². The molecule has 0 heterocycles. The summed E-state index contributed by atoms with van der Waals surface area (Å²) in [5.41, 5.74) is 7.79. The van der Waals surface area contributed by atoms with Gasteiger partial charge in [-0.15, -0.1) is 0 Å². The number of carbonyl (C=O) groups is 1. The molecular formula is C14H22N2O4S. The highest BCUT2D eigenvalue weighted by atomic mass is 32.2. The van der Waals surface area contributed by atoms with Gasteiger partial charge in [0.15, 0.2) is 9.84 Å². The van der Waals surface area contributed by atoms with Crippen molar-refractivity contribution < 1.29 is 17.9 Å². The molecule has 0 saturated carbocycles. The van der Waals surface area contributed by atoms with Crippen molar-refractivity contribution in [3.63, 3.8) is 0 Å². The van der Waals surface area contributed by atoms with Crippen LogP contribution in [0.4, 0.5) is 11.4 Å². The maximum Gasteiger partial charge on any atom is 0.224 e. The van der Waals surface area contributed by atoms with Gasteiger partial charge in [-0.25, -0.2) is 8.42 Å². The van der Waals surface area contributed by atoms with E-state index in [0.717, 1.165) is 5.56 Å². The van der Waals surface area contributed by atoms with Gasteiger partial charge in [-0.05, 0) is 31.0 Å². The molecule has 0 atom stereocenters. The minimum atomic E-state index is -3.15. The quantitative estimate of drug-likeness (QED) is 0.706. The number of sulfone groups is 1. The Labute approximate surface area is 125 Å². The first-order valence-electron chi connectivity index (χ1n) is 6.69. The van der Waals surface area contributed by atoms with E-state index in [0.29, 0.717) is 17.8 Å². The van der Waals surface area contributed by atoms with Gasteiger partial charge in [-0.1, -0.05) is 6.07 Å². The lowest BCUT2D eigenvalue weighted by molar-refractivity contribution is -0.116. The highest BCUT2D eigenvalue weighted by Gasteiger charge is 2.12. The number of hydrogen-bond donors (Lipinski definition) is 2. The van der Waals surface area contributed by atoms with E-state index >= 15 is 0 Å². The summed E-state index contributed by atoms with van der Waals surface area (Å²) in [6.45, 7) is 2.04. The number of amides is 1. The zero-order chi connectivity index (χ0) is 15.9. The number of anilines is 2. The van der Waals surface area contributed by atoms with Crippen molar-refractivity contribution in [2.45, 2.75) is 19.8 Å². The van der Waals surface area contributed by atoms with E-state index in [1.54, 1.807) is 12.1 Å². The van der Waals surface area contributed by atoms with E-state index < -0.39 is 9.84 Å². The Balaban J connectivity index is 2.43. The van der Waals surface area contributed by atoms with E-state index in [4.69, 9.17) is 10.5 Å². The fraction of sp³-hybridized carbons (Fsp3) is 0.500. The zero-order valence-corrected chi connectivity index (χ0v) is 13.2. The smallest absolute Gasteiger partial charge is 0.224 e. The van der Waals surface area contributed by atoms with Crippen molar-refractivity contribution in [3.05, 3.63) is 23.8 Å². The maximum absolute atomic E-state index is 11.8. The average molecular weight is 314 g/mol. The lowest BCUT2D eigenvalue weighted by Gasteiger charge is -2.09. The van der Waals surface area contributed by atoms with Crippen LogP contribution in [0.1, 0.15) is 18.4 Å². The molecular weight excluding hydrogens is 292 g/mol. The van der Waals surface area contributed by atoms with Gasteiger partial charge in [0.25, 0.3) is 0 Å². The number of hydrogen-bond acceptors (Lipinski definition) is 5. The summed E-state index contributed by atoms with van der Waals surface area (Å²) < 4.78 is 27.9. The third kappa shape index (κ3) is 6.59. The van der Waals surface area contributed by atoms with Crippen LogP contribution in [0.5, 0.6) is 0 Å². The molecule has 1 aromatic carbocycles. The fourth-order valence-corrected chi connectivity index (χ4v) is 2.96. The van der Waals surface area contributed by atoms with E-state index in [-0.39, 0.29) is 30.4 Å². The Morgan fingerprint density at radius 2 is 2.05 bits per heavy atom. The molecule has 0 unspecified atom stereocenters. The number of ether oxygens (including phenoxy) is 1. The number of nitrogens with two attached hydrogens (primary N) is 1. The Bertz CT molecular complexity index is 585. The van der Waals surface area contributed by atoms with Gasteiger partial charge in [0.05, 0.1) is 18.1 Å². The second-order valence-corrected chi connectivity index (χ2v) is 7.17. The van der Waals surface area contributed by atoms with E-state index in [9.17, 15) is 13.2 Å². The van der Waals surface area contributed by atoms with Crippen molar-refractivity contribution in [2.75, 3.05) is 36.3 Å². The van der Waals surface area contributed by atoms with Crippen molar-refractivity contribution in [1.29, 1.82) is 0 Å². The largest absolute Gasteiger partial charge is 0.399 e. The maximum atomic E-state index is 11.8. The number of benzene rings is 1. The highest BCUT2D eigenvalue weighted by molar-refractivity contribution is 7.91. The lowest BCUT2D eigenvalue weighted by atomic mass is 10.1. The van der Waals surface area contributed by atoms with Crippen LogP contribution in [-0.2, 0) is 19.4 Å². The topological polar surface area (TPSA) is 98.5 Å². The standard InChI is InChI=1S/C14H22N2O4S/c1-11-5-6-12(15)10-13(11)16-14(17)4-3-8-21(18,19)9-7-20-2/h5-6,10H,3-4,7-9,15H2,1-2H3,(H,16,17). The summed E-state index contributed by atoms with van der Waals surface area (Å²) in [5, 5.41) is 2.74. The molecule has 0 bridgehead atoms. The van der Waals surface area contributed by atoms with Gasteiger partial charge in [0, 0.05) is 24.9 Å². The second-order valence-electron chi connectivity index (χ2n) is 4.87. The Morgan fingerprint density at radius 3 is 2.71 bits per heavy atom. The van der Waals surface area contributed by atoms with Gasteiger partial charge in [-0.3, -0.25) is 4.79 Å². The van der Waals surface area contributed by atoms with Crippen LogP contribution in [0.2, 0.25) is 0 Å². The van der Waals surface area contributed by atoms with E-state index in [1.807, 2.05) is 13.0 Å². The molecule has 7 heteroatoms. The molecule has 0 fully saturated rings. The van der Waals surface area contributed by atoms with Gasteiger partial charge < -0.3 is 15.8 Å². The first kappa shape index (κ1) is 17.5. The molecule has 1 rings (SSSR count). The normalized spacial score (nSPS) is 11.3. The predicted octanol–water partition coefficient (Wildman–Crippen LogP) is 1.36. The molecule has 118 valence electrons. The van der Waals surface area contributed by atoms with Crippen molar-refractivity contribution in [1.82, 2.24) is 0 Å².